The second-order valence-electron chi connectivity index (χ2n) is 4.90. The molecule has 1 unspecified atom stereocenters. The smallest absolute Gasteiger partial charge is 0.325 e. The summed E-state index contributed by atoms with van der Waals surface area (Å²) in [5.41, 5.74) is 0. The third-order valence-electron chi connectivity index (χ3n) is 3.37. The molecule has 1 aliphatic carbocycles. The van der Waals surface area contributed by atoms with Crippen molar-refractivity contribution in [1.29, 1.82) is 0 Å². The van der Waals surface area contributed by atoms with Crippen molar-refractivity contribution in [2.75, 3.05) is 13.7 Å². The Morgan fingerprint density at radius 3 is 2.37 bits per heavy atom. The Kier molecular flexibility index (Phi) is 5.79. The van der Waals surface area contributed by atoms with Gasteiger partial charge in [0.2, 0.25) is 11.8 Å². The Balaban J connectivity index is 2.73. The van der Waals surface area contributed by atoms with Gasteiger partial charge in [0.25, 0.3) is 0 Å². The quantitative estimate of drug-likeness (QED) is 0.736. The van der Waals surface area contributed by atoms with Crippen LogP contribution in [0.1, 0.15) is 39.5 Å². The van der Waals surface area contributed by atoms with Crippen LogP contribution in [0, 0.1) is 0 Å². The molecule has 0 saturated heterocycles. The number of hydrogen-bond acceptors (Lipinski definition) is 4. The fraction of sp³-hybridized carbons (Fsp3) is 0.769. The summed E-state index contributed by atoms with van der Waals surface area (Å²) in [5, 5.41) is 2.56. The lowest BCUT2D eigenvalue weighted by Gasteiger charge is -2.30. The molecule has 1 atom stereocenters. The van der Waals surface area contributed by atoms with Crippen LogP contribution in [0.3, 0.4) is 0 Å². The van der Waals surface area contributed by atoms with Gasteiger partial charge in [0, 0.05) is 13.0 Å². The SMILES string of the molecule is COC(=O)CN(C(=O)C(C)NC(C)=O)C1CCCC1. The lowest BCUT2D eigenvalue weighted by Crippen LogP contribution is -2.51. The van der Waals surface area contributed by atoms with Crippen molar-refractivity contribution in [1.82, 2.24) is 10.2 Å². The third kappa shape index (κ3) is 4.54. The molecule has 2 amide bonds. The maximum absolute atomic E-state index is 12.3. The van der Waals surface area contributed by atoms with Crippen LogP contribution in [0.2, 0.25) is 0 Å². The van der Waals surface area contributed by atoms with Gasteiger partial charge in [-0.3, -0.25) is 14.4 Å². The lowest BCUT2D eigenvalue weighted by atomic mass is 10.1. The molecule has 0 spiro atoms. The highest BCUT2D eigenvalue weighted by molar-refractivity contribution is 5.89. The number of esters is 1. The molecule has 1 saturated carbocycles. The number of nitrogens with zero attached hydrogens (tertiary/aromatic N) is 1. The Morgan fingerprint density at radius 1 is 1.32 bits per heavy atom. The summed E-state index contributed by atoms with van der Waals surface area (Å²) in [6, 6.07) is -0.550. The number of rotatable bonds is 5. The molecule has 1 aliphatic rings. The highest BCUT2D eigenvalue weighted by Gasteiger charge is 2.31. The van der Waals surface area contributed by atoms with Gasteiger partial charge in [-0.2, -0.15) is 0 Å². The van der Waals surface area contributed by atoms with Crippen LogP contribution in [-0.4, -0.2) is 48.4 Å². The maximum atomic E-state index is 12.3. The topological polar surface area (TPSA) is 75.7 Å². The van der Waals surface area contributed by atoms with Crippen LogP contribution in [0.5, 0.6) is 0 Å². The molecule has 0 bridgehead atoms. The number of hydrogen-bond donors (Lipinski definition) is 1. The number of carbonyl (C=O) groups is 3. The van der Waals surface area contributed by atoms with Crippen LogP contribution < -0.4 is 5.32 Å². The Morgan fingerprint density at radius 2 is 1.89 bits per heavy atom. The van der Waals surface area contributed by atoms with E-state index in [0.717, 1.165) is 25.7 Å². The van der Waals surface area contributed by atoms with E-state index in [1.807, 2.05) is 0 Å². The van der Waals surface area contributed by atoms with Gasteiger partial charge < -0.3 is 15.0 Å². The zero-order chi connectivity index (χ0) is 14.4. The molecule has 6 heteroatoms. The number of methoxy groups -OCH3 is 1. The zero-order valence-electron chi connectivity index (χ0n) is 11.8. The molecule has 0 radical (unpaired) electrons. The molecular weight excluding hydrogens is 248 g/mol. The van der Waals surface area contributed by atoms with Gasteiger partial charge in [-0.15, -0.1) is 0 Å². The van der Waals surface area contributed by atoms with Crippen molar-refractivity contribution in [2.24, 2.45) is 0 Å². The van der Waals surface area contributed by atoms with Gasteiger partial charge in [-0.1, -0.05) is 12.8 Å². The van der Waals surface area contributed by atoms with E-state index in [2.05, 4.69) is 10.1 Å². The first-order chi connectivity index (χ1) is 8.95. The molecule has 0 aromatic heterocycles. The molecule has 0 aromatic carbocycles. The van der Waals surface area contributed by atoms with Crippen molar-refractivity contribution in [3.05, 3.63) is 0 Å². The molecule has 108 valence electrons. The molecule has 19 heavy (non-hydrogen) atoms. The molecule has 1 N–H and O–H groups in total. The predicted octanol–water partition coefficient (Wildman–Crippen LogP) is 0.455. The highest BCUT2D eigenvalue weighted by Crippen LogP contribution is 2.24. The molecule has 0 aromatic rings. The first-order valence-corrected chi connectivity index (χ1v) is 6.60. The highest BCUT2D eigenvalue weighted by atomic mass is 16.5. The standard InChI is InChI=1S/C13H22N2O4/c1-9(14-10(2)16)13(18)15(8-12(17)19-3)11-6-4-5-7-11/h9,11H,4-8H2,1-3H3,(H,14,16). The molecular formula is C13H22N2O4. The van der Waals surface area contributed by atoms with E-state index >= 15 is 0 Å². The van der Waals surface area contributed by atoms with Gasteiger partial charge in [0.15, 0.2) is 0 Å². The predicted molar refractivity (Wildman–Crippen MR) is 69.3 cm³/mol. The van der Waals surface area contributed by atoms with Crippen LogP contribution in [0.4, 0.5) is 0 Å². The van der Waals surface area contributed by atoms with Crippen molar-refractivity contribution >= 4 is 17.8 Å². The van der Waals surface area contributed by atoms with Crippen molar-refractivity contribution in [3.63, 3.8) is 0 Å². The summed E-state index contributed by atoms with van der Waals surface area (Å²) in [7, 11) is 1.30. The minimum atomic E-state index is -0.622. The lowest BCUT2D eigenvalue weighted by molar-refractivity contribution is -0.149. The Labute approximate surface area is 113 Å². The fourth-order valence-corrected chi connectivity index (χ4v) is 2.42. The van der Waals surface area contributed by atoms with Gasteiger partial charge in [-0.05, 0) is 19.8 Å². The van der Waals surface area contributed by atoms with Crippen LogP contribution in [0.25, 0.3) is 0 Å². The van der Waals surface area contributed by atoms with E-state index in [4.69, 9.17) is 0 Å². The fourth-order valence-electron chi connectivity index (χ4n) is 2.42. The molecule has 0 heterocycles. The van der Waals surface area contributed by atoms with Gasteiger partial charge in [0.05, 0.1) is 7.11 Å². The van der Waals surface area contributed by atoms with Crippen molar-refractivity contribution in [2.45, 2.75) is 51.6 Å². The Bertz CT molecular complexity index is 351. The summed E-state index contributed by atoms with van der Waals surface area (Å²) in [6.07, 6.45) is 3.92. The Hall–Kier alpha value is -1.59. The minimum Gasteiger partial charge on any atom is -0.468 e. The first kappa shape index (κ1) is 15.5. The van der Waals surface area contributed by atoms with E-state index < -0.39 is 12.0 Å². The summed E-state index contributed by atoms with van der Waals surface area (Å²) in [6.45, 7) is 2.94. The average Bonchev–Trinajstić information content (AvgIpc) is 2.87. The largest absolute Gasteiger partial charge is 0.468 e. The van der Waals surface area contributed by atoms with Crippen LogP contribution in [0.15, 0.2) is 0 Å². The average molecular weight is 270 g/mol. The summed E-state index contributed by atoms with van der Waals surface area (Å²) >= 11 is 0. The number of amides is 2. The van der Waals surface area contributed by atoms with E-state index in [0.29, 0.717) is 0 Å². The third-order valence-corrected chi connectivity index (χ3v) is 3.37. The monoisotopic (exact) mass is 270 g/mol. The zero-order valence-corrected chi connectivity index (χ0v) is 11.8. The van der Waals surface area contributed by atoms with E-state index in [9.17, 15) is 14.4 Å². The summed E-state index contributed by atoms with van der Waals surface area (Å²) < 4.78 is 4.63. The molecule has 6 nitrogen and oxygen atoms in total. The second kappa shape index (κ2) is 7.11. The van der Waals surface area contributed by atoms with Crippen molar-refractivity contribution < 1.29 is 19.1 Å². The van der Waals surface area contributed by atoms with Crippen LogP contribution in [-0.2, 0) is 19.1 Å². The van der Waals surface area contributed by atoms with E-state index in [-0.39, 0.29) is 24.4 Å². The number of nitrogens with one attached hydrogen (secondary N) is 1. The molecule has 1 rings (SSSR count). The molecule has 1 fully saturated rings. The van der Waals surface area contributed by atoms with Gasteiger partial charge >= 0.3 is 5.97 Å². The van der Waals surface area contributed by atoms with E-state index in [1.54, 1.807) is 11.8 Å². The minimum absolute atomic E-state index is 0.0517. The van der Waals surface area contributed by atoms with Gasteiger partial charge in [0.1, 0.15) is 12.6 Å². The first-order valence-electron chi connectivity index (χ1n) is 6.60. The number of ether oxygens (including phenoxy) is 1. The summed E-state index contributed by atoms with van der Waals surface area (Å²) in [4.78, 5) is 36.3. The second-order valence-corrected chi connectivity index (χ2v) is 4.90. The van der Waals surface area contributed by atoms with Gasteiger partial charge in [-0.25, -0.2) is 0 Å². The van der Waals surface area contributed by atoms with E-state index in [1.165, 1.54) is 14.0 Å². The van der Waals surface area contributed by atoms with Crippen LogP contribution >= 0.6 is 0 Å². The summed E-state index contributed by atoms with van der Waals surface area (Å²) in [5.74, 6) is -0.923. The van der Waals surface area contributed by atoms with Crippen molar-refractivity contribution in [3.8, 4) is 0 Å². The maximum Gasteiger partial charge on any atom is 0.325 e. The number of carbonyl (C=O) groups excluding carboxylic acids is 3. The molecule has 0 aliphatic heterocycles. The normalized spacial score (nSPS) is 16.8.